The van der Waals surface area contributed by atoms with Gasteiger partial charge >= 0.3 is 0 Å². The third kappa shape index (κ3) is 4.41. The van der Waals surface area contributed by atoms with Gasteiger partial charge in [0.25, 0.3) is 0 Å². The van der Waals surface area contributed by atoms with Crippen molar-refractivity contribution in [1.82, 2.24) is 14.9 Å². The summed E-state index contributed by atoms with van der Waals surface area (Å²) in [5.41, 5.74) is 4.28. The van der Waals surface area contributed by atoms with Crippen LogP contribution in [0.3, 0.4) is 0 Å². The zero-order chi connectivity index (χ0) is 23.8. The summed E-state index contributed by atoms with van der Waals surface area (Å²) >= 11 is 12.7. The number of rotatable bonds is 5. The van der Waals surface area contributed by atoms with E-state index < -0.39 is 0 Å². The number of benzene rings is 1. The summed E-state index contributed by atoms with van der Waals surface area (Å²) in [4.78, 5) is 9.25. The topological polar surface area (TPSA) is 36.3 Å². The van der Waals surface area contributed by atoms with Crippen molar-refractivity contribution in [3.8, 4) is 0 Å². The average molecular weight is 494 g/mol. The minimum Gasteiger partial charge on any atom is -0.370 e. The summed E-state index contributed by atoms with van der Waals surface area (Å²) in [6.07, 6.45) is 8.61. The number of anilines is 2. The Labute approximate surface area is 212 Å². The lowest BCUT2D eigenvalue weighted by Gasteiger charge is -2.33. The molecule has 1 aromatic carbocycles. The Morgan fingerprint density at radius 3 is 2.56 bits per heavy atom. The fourth-order valence-electron chi connectivity index (χ4n) is 5.05. The molecular formula is C27H32ClN5S. The summed E-state index contributed by atoms with van der Waals surface area (Å²) in [7, 11) is 0. The van der Waals surface area contributed by atoms with Gasteiger partial charge in [-0.2, -0.15) is 0 Å². The maximum Gasteiger partial charge on any atom is 0.174 e. The Kier molecular flexibility index (Phi) is 6.54. The van der Waals surface area contributed by atoms with Crippen LogP contribution in [-0.4, -0.2) is 27.8 Å². The normalized spacial score (nSPS) is 21.4. The van der Waals surface area contributed by atoms with Crippen LogP contribution in [0.2, 0.25) is 5.02 Å². The highest BCUT2D eigenvalue weighted by Crippen LogP contribution is 2.43. The molecule has 0 radical (unpaired) electrons. The van der Waals surface area contributed by atoms with E-state index in [0.717, 1.165) is 41.1 Å². The number of piperidine rings is 1. The van der Waals surface area contributed by atoms with E-state index in [0.29, 0.717) is 11.2 Å². The summed E-state index contributed by atoms with van der Waals surface area (Å²) in [5.74, 6) is 0.782. The minimum atomic E-state index is -0.0567. The lowest BCUT2D eigenvalue weighted by molar-refractivity contribution is 0.438. The molecule has 0 aliphatic carbocycles. The van der Waals surface area contributed by atoms with Crippen molar-refractivity contribution in [3.05, 3.63) is 77.3 Å². The van der Waals surface area contributed by atoms with Crippen molar-refractivity contribution in [3.63, 3.8) is 0 Å². The van der Waals surface area contributed by atoms with Crippen LogP contribution in [0, 0.1) is 5.92 Å². The van der Waals surface area contributed by atoms with E-state index in [-0.39, 0.29) is 12.1 Å². The zero-order valence-corrected chi connectivity index (χ0v) is 21.6. The van der Waals surface area contributed by atoms with Gasteiger partial charge in [-0.3, -0.25) is 4.98 Å². The molecule has 2 fully saturated rings. The number of halogens is 1. The Balaban J connectivity index is 1.52. The van der Waals surface area contributed by atoms with Crippen molar-refractivity contribution >= 4 is 40.3 Å². The molecule has 5 rings (SSSR count). The molecule has 0 bridgehead atoms. The Morgan fingerprint density at radius 1 is 1.12 bits per heavy atom. The van der Waals surface area contributed by atoms with Gasteiger partial charge in [-0.1, -0.05) is 24.6 Å². The molecule has 2 aliphatic heterocycles. The Hall–Kier alpha value is -2.57. The highest BCUT2D eigenvalue weighted by atomic mass is 35.5. The third-order valence-electron chi connectivity index (χ3n) is 7.11. The number of nitrogens with one attached hydrogen (secondary N) is 1. The third-order valence-corrected chi connectivity index (χ3v) is 7.72. The number of hydrogen-bond acceptors (Lipinski definition) is 3. The van der Waals surface area contributed by atoms with Gasteiger partial charge in [0, 0.05) is 43.4 Å². The second-order valence-corrected chi connectivity index (χ2v) is 10.6. The molecule has 2 aromatic heterocycles. The van der Waals surface area contributed by atoms with Crippen molar-refractivity contribution in [2.24, 2.45) is 5.92 Å². The lowest BCUT2D eigenvalue weighted by Crippen LogP contribution is -2.33. The molecule has 2 saturated heterocycles. The predicted octanol–water partition coefficient (Wildman–Crippen LogP) is 6.53. The molecule has 0 spiro atoms. The smallest absolute Gasteiger partial charge is 0.174 e. The first-order chi connectivity index (χ1) is 16.4. The summed E-state index contributed by atoms with van der Waals surface area (Å²) in [5, 5.41) is 5.00. The van der Waals surface area contributed by atoms with E-state index in [9.17, 15) is 0 Å². The standard InChI is InChI=1S/C27H32ClN5S/c1-18(2)32-15-11-20(17-32)26-25(23-6-4-5-12-29-23)30-27(34)33(26)21-7-8-24(22(28)16-21)31-13-9-19(3)10-14-31/h4-8,11-12,15-19,25-26H,9-10,13-14H2,1-3H3,(H,30,34)/t25-,26+/m0/s1. The van der Waals surface area contributed by atoms with Crippen LogP contribution in [0.4, 0.5) is 11.4 Å². The van der Waals surface area contributed by atoms with Crippen molar-refractivity contribution in [1.29, 1.82) is 0 Å². The molecule has 178 valence electrons. The van der Waals surface area contributed by atoms with Crippen LogP contribution in [0.5, 0.6) is 0 Å². The quantitative estimate of drug-likeness (QED) is 0.409. The minimum absolute atomic E-state index is 0.0276. The molecule has 1 N–H and O–H groups in total. The lowest BCUT2D eigenvalue weighted by atomic mass is 9.98. The van der Waals surface area contributed by atoms with E-state index in [1.54, 1.807) is 0 Å². The molecule has 0 amide bonds. The monoisotopic (exact) mass is 493 g/mol. The van der Waals surface area contributed by atoms with E-state index in [4.69, 9.17) is 23.8 Å². The van der Waals surface area contributed by atoms with E-state index in [1.165, 1.54) is 18.4 Å². The van der Waals surface area contributed by atoms with Gasteiger partial charge in [-0.15, -0.1) is 0 Å². The molecular weight excluding hydrogens is 462 g/mol. The summed E-state index contributed by atoms with van der Waals surface area (Å²) in [6.45, 7) is 8.81. The highest BCUT2D eigenvalue weighted by molar-refractivity contribution is 7.80. The van der Waals surface area contributed by atoms with Gasteiger partial charge in [0.1, 0.15) is 0 Å². The van der Waals surface area contributed by atoms with Crippen LogP contribution in [0.1, 0.15) is 63.0 Å². The van der Waals surface area contributed by atoms with Gasteiger partial charge in [0.15, 0.2) is 5.11 Å². The van der Waals surface area contributed by atoms with Gasteiger partial charge in [-0.25, -0.2) is 0 Å². The van der Waals surface area contributed by atoms with Crippen LogP contribution in [0.15, 0.2) is 61.1 Å². The Bertz CT molecular complexity index is 1150. The maximum atomic E-state index is 6.87. The van der Waals surface area contributed by atoms with Crippen LogP contribution in [0.25, 0.3) is 0 Å². The first kappa shape index (κ1) is 23.2. The summed E-state index contributed by atoms with van der Waals surface area (Å²) in [6, 6.07) is 14.9. The molecule has 2 atom stereocenters. The SMILES string of the molecule is CC1CCN(c2ccc(N3C(=S)N[C@@H](c4ccccn4)[C@H]3c3ccn(C(C)C)c3)cc2Cl)CC1. The van der Waals surface area contributed by atoms with Gasteiger partial charge < -0.3 is 19.7 Å². The molecule has 2 aliphatic rings. The first-order valence-electron chi connectivity index (χ1n) is 12.1. The first-order valence-corrected chi connectivity index (χ1v) is 12.9. The number of nitrogens with zero attached hydrogens (tertiary/aromatic N) is 4. The largest absolute Gasteiger partial charge is 0.370 e. The molecule has 5 nitrogen and oxygen atoms in total. The molecule has 3 aromatic rings. The van der Waals surface area contributed by atoms with Crippen LogP contribution < -0.4 is 15.1 Å². The van der Waals surface area contributed by atoms with Gasteiger partial charge in [0.05, 0.1) is 28.5 Å². The molecule has 0 saturated carbocycles. The van der Waals surface area contributed by atoms with E-state index in [2.05, 4.69) is 88.2 Å². The van der Waals surface area contributed by atoms with Crippen LogP contribution >= 0.6 is 23.8 Å². The zero-order valence-electron chi connectivity index (χ0n) is 20.0. The van der Waals surface area contributed by atoms with Crippen molar-refractivity contribution in [2.75, 3.05) is 22.9 Å². The highest BCUT2D eigenvalue weighted by Gasteiger charge is 2.41. The number of thiocarbonyl (C=S) groups is 1. The van der Waals surface area contributed by atoms with Crippen molar-refractivity contribution < 1.29 is 0 Å². The number of aromatic nitrogens is 2. The summed E-state index contributed by atoms with van der Waals surface area (Å²) < 4.78 is 2.23. The van der Waals surface area contributed by atoms with Crippen molar-refractivity contribution in [2.45, 2.75) is 51.7 Å². The molecule has 7 heteroatoms. The fraction of sp³-hybridized carbons (Fsp3) is 0.407. The number of hydrogen-bond donors (Lipinski definition) is 1. The average Bonchev–Trinajstić information content (AvgIpc) is 3.45. The van der Waals surface area contributed by atoms with Gasteiger partial charge in [0.2, 0.25) is 0 Å². The van der Waals surface area contributed by atoms with E-state index >= 15 is 0 Å². The molecule has 4 heterocycles. The van der Waals surface area contributed by atoms with Gasteiger partial charge in [-0.05, 0) is 86.8 Å². The van der Waals surface area contributed by atoms with E-state index in [1.807, 2.05) is 18.3 Å². The fourth-order valence-corrected chi connectivity index (χ4v) is 5.69. The molecule has 0 unspecified atom stereocenters. The maximum absolute atomic E-state index is 6.87. The second kappa shape index (κ2) is 9.59. The predicted molar refractivity (Wildman–Crippen MR) is 145 cm³/mol. The van der Waals surface area contributed by atoms with Crippen LogP contribution in [-0.2, 0) is 0 Å². The second-order valence-electron chi connectivity index (χ2n) is 9.79. The Morgan fingerprint density at radius 2 is 1.91 bits per heavy atom. The molecule has 34 heavy (non-hydrogen) atoms. The number of pyridine rings is 1.